The molecule has 0 bridgehead atoms. The molecule has 22 heavy (non-hydrogen) atoms. The van der Waals surface area contributed by atoms with Crippen LogP contribution in [0.1, 0.15) is 51.4 Å². The number of amides is 1. The van der Waals surface area contributed by atoms with Gasteiger partial charge < -0.3 is 15.0 Å². The second-order valence-electron chi connectivity index (χ2n) is 8.00. The number of fused-ring (bicyclic) bond motifs is 1. The average molecular weight is 306 g/mol. The van der Waals surface area contributed by atoms with Crippen LogP contribution in [0.3, 0.4) is 0 Å². The van der Waals surface area contributed by atoms with Crippen LogP contribution in [-0.2, 0) is 9.53 Å². The number of hydrogen-bond donors (Lipinski definition) is 1. The molecule has 4 aliphatic rings. The topological polar surface area (TPSA) is 41.6 Å². The minimum atomic E-state index is -0.0695. The first-order valence-corrected chi connectivity index (χ1v) is 9.40. The molecule has 4 fully saturated rings. The lowest BCUT2D eigenvalue weighted by atomic mass is 9.67. The molecule has 0 spiro atoms. The number of rotatable bonds is 4. The van der Waals surface area contributed by atoms with E-state index in [-0.39, 0.29) is 5.41 Å². The lowest BCUT2D eigenvalue weighted by Gasteiger charge is -2.43. The summed E-state index contributed by atoms with van der Waals surface area (Å²) < 4.78 is 6.02. The summed E-state index contributed by atoms with van der Waals surface area (Å²) in [6.45, 7) is 4.72. The summed E-state index contributed by atoms with van der Waals surface area (Å²) in [6, 6.07) is 0. The molecule has 2 heterocycles. The third-order valence-corrected chi connectivity index (χ3v) is 6.46. The fourth-order valence-electron chi connectivity index (χ4n) is 4.77. The minimum Gasteiger partial charge on any atom is -0.378 e. The quantitative estimate of drug-likeness (QED) is 0.865. The lowest BCUT2D eigenvalue weighted by molar-refractivity contribution is -0.148. The predicted molar refractivity (Wildman–Crippen MR) is 85.5 cm³/mol. The van der Waals surface area contributed by atoms with Gasteiger partial charge in [0.15, 0.2) is 0 Å². The zero-order valence-corrected chi connectivity index (χ0v) is 13.7. The molecule has 124 valence electrons. The SMILES string of the molecule is O=C(N1CCC(OCC2CC2)CC1)[C@@]12CCCC[C@H]1CNC2. The Bertz CT molecular complexity index is 415. The first-order chi connectivity index (χ1) is 10.8. The Labute approximate surface area is 134 Å². The number of hydrogen-bond acceptors (Lipinski definition) is 3. The Hall–Kier alpha value is -0.610. The van der Waals surface area contributed by atoms with Gasteiger partial charge in [-0.05, 0) is 56.9 Å². The van der Waals surface area contributed by atoms with Crippen molar-refractivity contribution in [2.24, 2.45) is 17.3 Å². The van der Waals surface area contributed by atoms with Crippen LogP contribution in [0, 0.1) is 17.3 Å². The Kier molecular flexibility index (Phi) is 4.16. The van der Waals surface area contributed by atoms with Gasteiger partial charge in [-0.25, -0.2) is 0 Å². The number of carbonyl (C=O) groups excluding carboxylic acids is 1. The molecular weight excluding hydrogens is 276 g/mol. The largest absolute Gasteiger partial charge is 0.378 e. The van der Waals surface area contributed by atoms with Crippen LogP contribution < -0.4 is 5.32 Å². The summed E-state index contributed by atoms with van der Waals surface area (Å²) in [4.78, 5) is 15.3. The van der Waals surface area contributed by atoms with Crippen molar-refractivity contribution in [1.82, 2.24) is 10.2 Å². The van der Waals surface area contributed by atoms with Crippen LogP contribution in [0.15, 0.2) is 0 Å². The normalized spacial score (nSPS) is 36.4. The molecule has 0 unspecified atom stereocenters. The molecule has 2 saturated heterocycles. The highest BCUT2D eigenvalue weighted by Crippen LogP contribution is 2.45. The summed E-state index contributed by atoms with van der Waals surface area (Å²) >= 11 is 0. The second-order valence-corrected chi connectivity index (χ2v) is 8.00. The predicted octanol–water partition coefficient (Wildman–Crippen LogP) is 2.18. The molecule has 4 heteroatoms. The number of ether oxygens (including phenoxy) is 1. The highest BCUT2D eigenvalue weighted by atomic mass is 16.5. The van der Waals surface area contributed by atoms with Gasteiger partial charge in [0.2, 0.25) is 5.91 Å². The van der Waals surface area contributed by atoms with Gasteiger partial charge in [0.1, 0.15) is 0 Å². The van der Waals surface area contributed by atoms with Gasteiger partial charge in [-0.2, -0.15) is 0 Å². The summed E-state index contributed by atoms with van der Waals surface area (Å²) in [6.07, 6.45) is 10.0. The summed E-state index contributed by atoms with van der Waals surface area (Å²) in [5.74, 6) is 1.87. The summed E-state index contributed by atoms with van der Waals surface area (Å²) in [5, 5.41) is 3.50. The number of nitrogens with one attached hydrogen (secondary N) is 1. The van der Waals surface area contributed by atoms with Crippen LogP contribution >= 0.6 is 0 Å². The molecular formula is C18H30N2O2. The number of carbonyl (C=O) groups is 1. The van der Waals surface area contributed by atoms with Gasteiger partial charge in [0, 0.05) is 26.2 Å². The van der Waals surface area contributed by atoms with Gasteiger partial charge in [-0.3, -0.25) is 4.79 Å². The molecule has 0 radical (unpaired) electrons. The summed E-state index contributed by atoms with van der Waals surface area (Å²) in [5.41, 5.74) is -0.0695. The van der Waals surface area contributed by atoms with Crippen LogP contribution in [0.2, 0.25) is 0 Å². The standard InChI is InChI=1S/C18H30N2O2/c21-17(18-8-2-1-3-15(18)11-19-13-18)20-9-6-16(7-10-20)22-12-14-4-5-14/h14-16,19H,1-13H2/t15-,18+/m0/s1. The molecule has 1 amide bonds. The van der Waals surface area contributed by atoms with E-state index in [4.69, 9.17) is 4.74 Å². The Morgan fingerprint density at radius 2 is 1.95 bits per heavy atom. The van der Waals surface area contributed by atoms with E-state index in [2.05, 4.69) is 10.2 Å². The Morgan fingerprint density at radius 3 is 2.73 bits per heavy atom. The molecule has 2 saturated carbocycles. The van der Waals surface area contributed by atoms with E-state index in [9.17, 15) is 4.79 Å². The fourth-order valence-corrected chi connectivity index (χ4v) is 4.77. The van der Waals surface area contributed by atoms with Crippen molar-refractivity contribution in [3.05, 3.63) is 0 Å². The van der Waals surface area contributed by atoms with Crippen LogP contribution in [0.5, 0.6) is 0 Å². The lowest BCUT2D eigenvalue weighted by Crippen LogP contribution is -2.52. The highest BCUT2D eigenvalue weighted by molar-refractivity contribution is 5.84. The molecule has 0 aromatic carbocycles. The molecule has 4 rings (SSSR count). The van der Waals surface area contributed by atoms with Gasteiger partial charge >= 0.3 is 0 Å². The second kappa shape index (κ2) is 6.12. The van der Waals surface area contributed by atoms with Crippen LogP contribution in [0.25, 0.3) is 0 Å². The van der Waals surface area contributed by atoms with Gasteiger partial charge in [0.25, 0.3) is 0 Å². The molecule has 2 aliphatic heterocycles. The maximum Gasteiger partial charge on any atom is 0.230 e. The van der Waals surface area contributed by atoms with Gasteiger partial charge in [-0.1, -0.05) is 12.8 Å². The van der Waals surface area contributed by atoms with Crippen molar-refractivity contribution in [3.63, 3.8) is 0 Å². The van der Waals surface area contributed by atoms with Crippen molar-refractivity contribution < 1.29 is 9.53 Å². The third kappa shape index (κ3) is 2.80. The van der Waals surface area contributed by atoms with E-state index in [1.807, 2.05) is 0 Å². The van der Waals surface area contributed by atoms with E-state index < -0.39 is 0 Å². The highest BCUT2D eigenvalue weighted by Gasteiger charge is 2.51. The van der Waals surface area contributed by atoms with E-state index in [0.717, 1.165) is 58.0 Å². The number of nitrogens with zero attached hydrogens (tertiary/aromatic N) is 1. The van der Waals surface area contributed by atoms with E-state index >= 15 is 0 Å². The van der Waals surface area contributed by atoms with Crippen molar-refractivity contribution in [1.29, 1.82) is 0 Å². The van der Waals surface area contributed by atoms with Crippen molar-refractivity contribution in [3.8, 4) is 0 Å². The Balaban J connectivity index is 1.33. The molecule has 2 atom stereocenters. The van der Waals surface area contributed by atoms with Crippen molar-refractivity contribution in [2.45, 2.75) is 57.5 Å². The van der Waals surface area contributed by atoms with E-state index in [1.165, 1.54) is 32.1 Å². The van der Waals surface area contributed by atoms with Gasteiger partial charge in [0.05, 0.1) is 11.5 Å². The average Bonchev–Trinajstić information content (AvgIpc) is 3.29. The molecule has 4 nitrogen and oxygen atoms in total. The molecule has 2 aliphatic carbocycles. The van der Waals surface area contributed by atoms with Crippen LogP contribution in [0.4, 0.5) is 0 Å². The smallest absolute Gasteiger partial charge is 0.230 e. The Morgan fingerprint density at radius 1 is 1.14 bits per heavy atom. The maximum atomic E-state index is 13.2. The molecule has 1 N–H and O–H groups in total. The van der Waals surface area contributed by atoms with E-state index in [0.29, 0.717) is 17.9 Å². The zero-order chi connectivity index (χ0) is 15.0. The first kappa shape index (κ1) is 14.9. The first-order valence-electron chi connectivity index (χ1n) is 9.40. The number of piperidine rings is 1. The zero-order valence-electron chi connectivity index (χ0n) is 13.7. The minimum absolute atomic E-state index is 0.0695. The van der Waals surface area contributed by atoms with Crippen molar-refractivity contribution in [2.75, 3.05) is 32.8 Å². The molecule has 0 aromatic rings. The molecule has 0 aromatic heterocycles. The van der Waals surface area contributed by atoms with E-state index in [1.54, 1.807) is 0 Å². The van der Waals surface area contributed by atoms with Gasteiger partial charge in [-0.15, -0.1) is 0 Å². The maximum absolute atomic E-state index is 13.2. The number of likely N-dealkylation sites (tertiary alicyclic amines) is 1. The van der Waals surface area contributed by atoms with Crippen LogP contribution in [-0.4, -0.2) is 49.7 Å². The monoisotopic (exact) mass is 306 g/mol. The summed E-state index contributed by atoms with van der Waals surface area (Å²) in [7, 11) is 0. The fraction of sp³-hybridized carbons (Fsp3) is 0.944. The third-order valence-electron chi connectivity index (χ3n) is 6.46. The van der Waals surface area contributed by atoms with Crippen molar-refractivity contribution >= 4 is 5.91 Å².